The number of hydrogen-bond donors (Lipinski definition) is 2. The lowest BCUT2D eigenvalue weighted by atomic mass is 10.2. The third kappa shape index (κ3) is 6.19. The molecule has 0 bridgehead atoms. The number of esters is 1. The van der Waals surface area contributed by atoms with Gasteiger partial charge in [0, 0.05) is 6.54 Å². The number of carbonyl (C=O) groups is 1. The van der Waals surface area contributed by atoms with Gasteiger partial charge in [-0.1, -0.05) is 25.1 Å². The molecule has 2 N–H and O–H groups in total. The van der Waals surface area contributed by atoms with Crippen molar-refractivity contribution in [1.29, 1.82) is 0 Å². The van der Waals surface area contributed by atoms with Gasteiger partial charge in [-0.05, 0) is 51.4 Å². The number of likely N-dealkylation sites (N-methyl/N-ethyl adjacent to an activating group) is 1. The Morgan fingerprint density at radius 3 is 2.67 bits per heavy atom. The first kappa shape index (κ1) is 24.9. The van der Waals surface area contributed by atoms with Crippen molar-refractivity contribution in [1.82, 2.24) is 14.9 Å². The van der Waals surface area contributed by atoms with Crippen LogP contribution in [0.4, 0.5) is 0 Å². The Labute approximate surface area is 197 Å². The molecule has 0 saturated heterocycles. The second-order valence-corrected chi connectivity index (χ2v) is 9.26. The molecule has 0 radical (unpaired) electrons. The lowest BCUT2D eigenvalue weighted by Gasteiger charge is -2.23. The van der Waals surface area contributed by atoms with Crippen LogP contribution in [0.25, 0.3) is 10.2 Å². The van der Waals surface area contributed by atoms with E-state index in [-0.39, 0.29) is 18.3 Å². The molecule has 0 aliphatic carbocycles. The van der Waals surface area contributed by atoms with Gasteiger partial charge < -0.3 is 19.6 Å². The average Bonchev–Trinajstić information content (AvgIpc) is 3.09. The fourth-order valence-corrected chi connectivity index (χ4v) is 4.58. The smallest absolute Gasteiger partial charge is 0.348 e. The summed E-state index contributed by atoms with van der Waals surface area (Å²) < 4.78 is 11.0. The van der Waals surface area contributed by atoms with Gasteiger partial charge >= 0.3 is 5.97 Å². The van der Waals surface area contributed by atoms with Crippen LogP contribution in [0.15, 0.2) is 29.1 Å². The van der Waals surface area contributed by atoms with Crippen LogP contribution in [-0.2, 0) is 11.3 Å². The summed E-state index contributed by atoms with van der Waals surface area (Å²) in [6.45, 7) is 10.8. The van der Waals surface area contributed by atoms with Crippen LogP contribution in [0.5, 0.6) is 5.75 Å². The van der Waals surface area contributed by atoms with Crippen molar-refractivity contribution in [3.63, 3.8) is 0 Å². The highest BCUT2D eigenvalue weighted by Crippen LogP contribution is 2.28. The molecule has 0 spiro atoms. The predicted molar refractivity (Wildman–Crippen MR) is 129 cm³/mol. The molecule has 0 amide bonds. The van der Waals surface area contributed by atoms with E-state index in [1.807, 2.05) is 43.0 Å². The zero-order chi connectivity index (χ0) is 24.1. The number of para-hydroxylation sites is 1. The van der Waals surface area contributed by atoms with Crippen molar-refractivity contribution in [3.05, 3.63) is 56.4 Å². The van der Waals surface area contributed by atoms with Crippen LogP contribution >= 0.6 is 11.3 Å². The third-order valence-corrected chi connectivity index (χ3v) is 6.36. The zero-order valence-electron chi connectivity index (χ0n) is 19.7. The Kier molecular flexibility index (Phi) is 8.23. The van der Waals surface area contributed by atoms with E-state index in [2.05, 4.69) is 9.97 Å². The largest absolute Gasteiger partial charge is 0.491 e. The highest BCUT2D eigenvalue weighted by molar-refractivity contribution is 7.20. The summed E-state index contributed by atoms with van der Waals surface area (Å²) in [7, 11) is 0. The van der Waals surface area contributed by atoms with E-state index in [1.54, 1.807) is 20.8 Å². The van der Waals surface area contributed by atoms with Gasteiger partial charge in [0.2, 0.25) is 0 Å². The van der Waals surface area contributed by atoms with E-state index in [4.69, 9.17) is 9.47 Å². The van der Waals surface area contributed by atoms with Crippen LogP contribution in [-0.4, -0.2) is 57.8 Å². The number of nitrogens with zero attached hydrogens (tertiary/aromatic N) is 2. The van der Waals surface area contributed by atoms with Crippen molar-refractivity contribution >= 4 is 27.5 Å². The summed E-state index contributed by atoms with van der Waals surface area (Å²) in [5.41, 5.74) is 1.30. The minimum Gasteiger partial charge on any atom is -0.491 e. The number of thiophene rings is 1. The first-order chi connectivity index (χ1) is 15.7. The summed E-state index contributed by atoms with van der Waals surface area (Å²) in [4.78, 5) is 35.4. The average molecular weight is 474 g/mol. The number of fused-ring (bicyclic) bond motifs is 1. The Morgan fingerprint density at radius 2 is 2.00 bits per heavy atom. The molecule has 0 fully saturated rings. The normalized spacial score (nSPS) is 12.5. The third-order valence-electron chi connectivity index (χ3n) is 5.19. The van der Waals surface area contributed by atoms with Gasteiger partial charge in [0.05, 0.1) is 18.0 Å². The molecule has 0 aliphatic rings. The maximum atomic E-state index is 12.7. The van der Waals surface area contributed by atoms with Crippen molar-refractivity contribution in [2.24, 2.45) is 0 Å². The number of benzene rings is 1. The Balaban J connectivity index is 1.70. The summed E-state index contributed by atoms with van der Waals surface area (Å²) >= 11 is 1.16. The number of H-pyrrole nitrogens is 1. The van der Waals surface area contributed by atoms with Gasteiger partial charge in [0.1, 0.15) is 34.0 Å². The number of aliphatic hydroxyl groups excluding tert-OH is 1. The van der Waals surface area contributed by atoms with E-state index in [1.165, 1.54) is 0 Å². The molecule has 3 rings (SSSR count). The van der Waals surface area contributed by atoms with Crippen molar-refractivity contribution in [3.8, 4) is 5.75 Å². The fraction of sp³-hybridized carbons (Fsp3) is 0.458. The summed E-state index contributed by atoms with van der Waals surface area (Å²) in [6.07, 6.45) is -0.954. The number of aromatic amines is 1. The Bertz CT molecular complexity index is 1170. The minimum atomic E-state index is -0.707. The van der Waals surface area contributed by atoms with Crippen LogP contribution in [0, 0.1) is 13.8 Å². The van der Waals surface area contributed by atoms with E-state index < -0.39 is 12.1 Å². The molecule has 178 valence electrons. The molecule has 8 nitrogen and oxygen atoms in total. The van der Waals surface area contributed by atoms with E-state index in [0.717, 1.165) is 22.6 Å². The van der Waals surface area contributed by atoms with Gasteiger partial charge in [0.15, 0.2) is 0 Å². The van der Waals surface area contributed by atoms with Crippen molar-refractivity contribution in [2.45, 2.75) is 53.4 Å². The zero-order valence-corrected chi connectivity index (χ0v) is 20.5. The van der Waals surface area contributed by atoms with Gasteiger partial charge in [-0.15, -0.1) is 11.3 Å². The van der Waals surface area contributed by atoms with E-state index >= 15 is 0 Å². The summed E-state index contributed by atoms with van der Waals surface area (Å²) in [5, 5.41) is 10.9. The molecule has 2 aromatic heterocycles. The van der Waals surface area contributed by atoms with Crippen LogP contribution in [0.1, 0.15) is 47.4 Å². The number of aromatic nitrogens is 2. The number of nitrogens with one attached hydrogen (secondary N) is 1. The lowest BCUT2D eigenvalue weighted by Crippen LogP contribution is -2.36. The van der Waals surface area contributed by atoms with E-state index in [9.17, 15) is 14.7 Å². The fourth-order valence-electron chi connectivity index (χ4n) is 3.50. The minimum absolute atomic E-state index is 0.162. The summed E-state index contributed by atoms with van der Waals surface area (Å²) in [6, 6.07) is 7.66. The molecule has 3 aromatic rings. The Hall–Kier alpha value is -2.75. The molecule has 33 heavy (non-hydrogen) atoms. The number of carbonyl (C=O) groups excluding carboxylic acids is 1. The number of rotatable bonds is 10. The number of ether oxygens (including phenoxy) is 2. The highest BCUT2D eigenvalue weighted by atomic mass is 32.1. The molecular formula is C24H31N3O5S. The summed E-state index contributed by atoms with van der Waals surface area (Å²) in [5.74, 6) is 0.778. The number of hydrogen-bond acceptors (Lipinski definition) is 8. The molecule has 1 atom stereocenters. The number of aryl methyl sites for hydroxylation is 2. The van der Waals surface area contributed by atoms with Crippen molar-refractivity contribution in [2.75, 3.05) is 19.7 Å². The molecule has 0 unspecified atom stereocenters. The van der Waals surface area contributed by atoms with Gasteiger partial charge in [-0.3, -0.25) is 9.69 Å². The van der Waals surface area contributed by atoms with Gasteiger partial charge in [-0.2, -0.15) is 0 Å². The molecular weight excluding hydrogens is 442 g/mol. The quantitative estimate of drug-likeness (QED) is 0.435. The van der Waals surface area contributed by atoms with Crippen molar-refractivity contribution < 1.29 is 19.4 Å². The van der Waals surface area contributed by atoms with E-state index in [0.29, 0.717) is 46.1 Å². The van der Waals surface area contributed by atoms with Gasteiger partial charge in [-0.25, -0.2) is 9.78 Å². The maximum absolute atomic E-state index is 12.7. The van der Waals surface area contributed by atoms with Gasteiger partial charge in [0.25, 0.3) is 5.56 Å². The number of aliphatic hydroxyl groups is 1. The molecule has 2 heterocycles. The maximum Gasteiger partial charge on any atom is 0.348 e. The van der Waals surface area contributed by atoms with Crippen LogP contribution in [0.3, 0.4) is 0 Å². The lowest BCUT2D eigenvalue weighted by molar-refractivity contribution is 0.0383. The van der Waals surface area contributed by atoms with Crippen LogP contribution in [0.2, 0.25) is 0 Å². The molecule has 1 aromatic carbocycles. The molecule has 9 heteroatoms. The second-order valence-electron chi connectivity index (χ2n) is 8.26. The van der Waals surface area contributed by atoms with Crippen LogP contribution < -0.4 is 10.3 Å². The SMILES string of the molecule is CCN(Cc1nc2sc(C(=O)OC(C)C)c(C)c2c(=O)[nH]1)C[C@H](O)COc1ccccc1C. The first-order valence-corrected chi connectivity index (χ1v) is 11.8. The first-order valence-electron chi connectivity index (χ1n) is 11.0. The monoisotopic (exact) mass is 473 g/mol. The standard InChI is InChI=1S/C24H31N3O5S/c1-6-27(11-17(28)13-31-18-10-8-7-9-15(18)4)12-19-25-22(29)20-16(5)21(33-23(20)26-19)24(30)32-14(2)3/h7-10,14,17,28H,6,11-13H2,1-5H3,(H,25,26,29)/t17-/m0/s1. The topological polar surface area (TPSA) is 105 Å². The predicted octanol–water partition coefficient (Wildman–Crippen LogP) is 3.43. The molecule has 0 aliphatic heterocycles. The Morgan fingerprint density at radius 1 is 1.27 bits per heavy atom. The molecule has 0 saturated carbocycles. The second kappa shape index (κ2) is 10.9. The highest BCUT2D eigenvalue weighted by Gasteiger charge is 2.22.